The summed E-state index contributed by atoms with van der Waals surface area (Å²) in [5, 5.41) is 12.8. The highest BCUT2D eigenvalue weighted by Crippen LogP contribution is 2.25. The first kappa shape index (κ1) is 14.5. The molecule has 98 valence electrons. The van der Waals surface area contributed by atoms with Crippen molar-refractivity contribution in [3.63, 3.8) is 0 Å². The van der Waals surface area contributed by atoms with Gasteiger partial charge >= 0.3 is 0 Å². The van der Waals surface area contributed by atoms with Gasteiger partial charge in [0, 0.05) is 6.54 Å². The average Bonchev–Trinajstić information content (AvgIpc) is 2.32. The van der Waals surface area contributed by atoms with Gasteiger partial charge in [-0.3, -0.25) is 0 Å². The third-order valence-electron chi connectivity index (χ3n) is 3.18. The summed E-state index contributed by atoms with van der Waals surface area (Å²) in [6, 6.07) is 0. The predicted octanol–water partition coefficient (Wildman–Crippen LogP) is 1.56. The number of aliphatic hydroxyl groups is 1. The molecule has 3 unspecified atom stereocenters. The van der Waals surface area contributed by atoms with Crippen LogP contribution in [0.3, 0.4) is 0 Å². The Labute approximate surface area is 105 Å². The standard InChI is InChI=1S/C14H25NO2/c1-3-4-8-15-10-13(16)11-17-14-7-5-6-12(2)9-14/h12-16H,5-11H2,1-2H3. The van der Waals surface area contributed by atoms with Crippen molar-refractivity contribution in [1.29, 1.82) is 0 Å². The lowest BCUT2D eigenvalue weighted by atomic mass is 9.89. The molecule has 1 fully saturated rings. The molecule has 0 radical (unpaired) electrons. The summed E-state index contributed by atoms with van der Waals surface area (Å²) >= 11 is 0. The number of aliphatic hydroxyl groups excluding tert-OH is 1. The number of ether oxygens (including phenoxy) is 1. The zero-order valence-electron chi connectivity index (χ0n) is 11.0. The minimum atomic E-state index is -0.425. The Bertz CT molecular complexity index is 257. The fraction of sp³-hybridized carbons (Fsp3) is 0.857. The molecule has 3 nitrogen and oxygen atoms in total. The zero-order valence-corrected chi connectivity index (χ0v) is 11.0. The summed E-state index contributed by atoms with van der Waals surface area (Å²) < 4.78 is 5.75. The first-order chi connectivity index (χ1) is 8.22. The third kappa shape index (κ3) is 6.68. The first-order valence-electron chi connectivity index (χ1n) is 6.62. The normalized spacial score (nSPS) is 26.1. The molecule has 3 atom stereocenters. The summed E-state index contributed by atoms with van der Waals surface area (Å²) in [7, 11) is 0. The maximum atomic E-state index is 9.71. The van der Waals surface area contributed by atoms with Crippen molar-refractivity contribution >= 4 is 0 Å². The largest absolute Gasteiger partial charge is 0.389 e. The number of rotatable bonds is 6. The second kappa shape index (κ2) is 8.52. The maximum Gasteiger partial charge on any atom is 0.0898 e. The molecular weight excluding hydrogens is 214 g/mol. The van der Waals surface area contributed by atoms with E-state index in [-0.39, 0.29) is 0 Å². The van der Waals surface area contributed by atoms with E-state index in [1.54, 1.807) is 0 Å². The van der Waals surface area contributed by atoms with E-state index in [2.05, 4.69) is 24.1 Å². The van der Waals surface area contributed by atoms with Gasteiger partial charge in [0.1, 0.15) is 0 Å². The quantitative estimate of drug-likeness (QED) is 0.546. The smallest absolute Gasteiger partial charge is 0.0898 e. The highest BCUT2D eigenvalue weighted by molar-refractivity contribution is 4.96. The fourth-order valence-electron chi connectivity index (χ4n) is 2.23. The van der Waals surface area contributed by atoms with Crippen LogP contribution in [-0.4, -0.2) is 37.0 Å². The molecule has 3 heteroatoms. The molecule has 17 heavy (non-hydrogen) atoms. The Balaban J connectivity index is 2.05. The second-order valence-corrected chi connectivity index (χ2v) is 4.94. The van der Waals surface area contributed by atoms with E-state index in [1.165, 1.54) is 12.8 Å². The first-order valence-corrected chi connectivity index (χ1v) is 6.62. The van der Waals surface area contributed by atoms with Crippen LogP contribution in [0.1, 0.15) is 39.5 Å². The highest BCUT2D eigenvalue weighted by Gasteiger charge is 2.19. The highest BCUT2D eigenvalue weighted by atomic mass is 16.5. The van der Waals surface area contributed by atoms with Gasteiger partial charge in [0.25, 0.3) is 0 Å². The molecule has 0 spiro atoms. The van der Waals surface area contributed by atoms with Crippen LogP contribution in [-0.2, 0) is 4.74 Å². The summed E-state index contributed by atoms with van der Waals surface area (Å²) in [6.07, 6.45) is 4.79. The van der Waals surface area contributed by atoms with E-state index in [0.717, 1.165) is 18.8 Å². The van der Waals surface area contributed by atoms with Crippen LogP contribution in [0.4, 0.5) is 0 Å². The molecule has 0 saturated heterocycles. The number of hydrogen-bond donors (Lipinski definition) is 2. The van der Waals surface area contributed by atoms with Gasteiger partial charge < -0.3 is 15.2 Å². The Morgan fingerprint density at radius 3 is 3.00 bits per heavy atom. The van der Waals surface area contributed by atoms with Gasteiger partial charge in [-0.1, -0.05) is 25.7 Å². The summed E-state index contributed by atoms with van der Waals surface area (Å²) in [6.45, 7) is 5.71. The molecule has 0 aromatic heterocycles. The van der Waals surface area contributed by atoms with Crippen LogP contribution in [0.15, 0.2) is 0 Å². The van der Waals surface area contributed by atoms with Gasteiger partial charge in [0.2, 0.25) is 0 Å². The SMILES string of the molecule is CC#CCNCC(O)COC1CCCC(C)C1. The summed E-state index contributed by atoms with van der Waals surface area (Å²) in [4.78, 5) is 0. The van der Waals surface area contributed by atoms with E-state index in [4.69, 9.17) is 4.74 Å². The average molecular weight is 239 g/mol. The van der Waals surface area contributed by atoms with Crippen molar-refractivity contribution in [3.05, 3.63) is 0 Å². The monoisotopic (exact) mass is 239 g/mol. The molecule has 0 aromatic rings. The van der Waals surface area contributed by atoms with Crippen molar-refractivity contribution in [2.75, 3.05) is 19.7 Å². The molecule has 2 N–H and O–H groups in total. The minimum absolute atomic E-state index is 0.351. The van der Waals surface area contributed by atoms with E-state index >= 15 is 0 Å². The second-order valence-electron chi connectivity index (χ2n) is 4.94. The summed E-state index contributed by atoms with van der Waals surface area (Å²) in [5.74, 6) is 6.47. The van der Waals surface area contributed by atoms with Crippen LogP contribution in [0.2, 0.25) is 0 Å². The van der Waals surface area contributed by atoms with Gasteiger partial charge in [-0.25, -0.2) is 0 Å². The van der Waals surface area contributed by atoms with Crippen LogP contribution in [0, 0.1) is 17.8 Å². The van der Waals surface area contributed by atoms with Crippen molar-refractivity contribution in [2.24, 2.45) is 5.92 Å². The van der Waals surface area contributed by atoms with Crippen molar-refractivity contribution < 1.29 is 9.84 Å². The van der Waals surface area contributed by atoms with Gasteiger partial charge in [-0.2, -0.15) is 0 Å². The van der Waals surface area contributed by atoms with E-state index < -0.39 is 6.10 Å². The van der Waals surface area contributed by atoms with Crippen LogP contribution in [0.5, 0.6) is 0 Å². The lowest BCUT2D eigenvalue weighted by Crippen LogP contribution is -2.33. The number of nitrogens with one attached hydrogen (secondary N) is 1. The Hall–Kier alpha value is -0.560. The Kier molecular flexibility index (Phi) is 7.27. The molecule has 1 aliphatic carbocycles. The van der Waals surface area contributed by atoms with Crippen LogP contribution >= 0.6 is 0 Å². The fourth-order valence-corrected chi connectivity index (χ4v) is 2.23. The molecule has 1 saturated carbocycles. The number of hydrogen-bond acceptors (Lipinski definition) is 3. The van der Waals surface area contributed by atoms with E-state index in [1.807, 2.05) is 6.92 Å². The molecule has 0 bridgehead atoms. The predicted molar refractivity (Wildman–Crippen MR) is 69.7 cm³/mol. The molecule has 0 aliphatic heterocycles. The molecule has 0 amide bonds. The maximum absolute atomic E-state index is 9.71. The van der Waals surface area contributed by atoms with Crippen LogP contribution < -0.4 is 5.32 Å². The molecule has 0 aromatic carbocycles. The summed E-state index contributed by atoms with van der Waals surface area (Å²) in [5.41, 5.74) is 0. The van der Waals surface area contributed by atoms with Gasteiger partial charge in [0.15, 0.2) is 0 Å². The Morgan fingerprint density at radius 1 is 1.47 bits per heavy atom. The van der Waals surface area contributed by atoms with Crippen molar-refractivity contribution in [2.45, 2.75) is 51.7 Å². The molecule has 0 heterocycles. The topological polar surface area (TPSA) is 41.5 Å². The van der Waals surface area contributed by atoms with Crippen molar-refractivity contribution in [1.82, 2.24) is 5.32 Å². The lowest BCUT2D eigenvalue weighted by Gasteiger charge is -2.27. The van der Waals surface area contributed by atoms with Crippen molar-refractivity contribution in [3.8, 4) is 11.8 Å². The molecule has 1 rings (SSSR count). The molecule has 1 aliphatic rings. The zero-order chi connectivity index (χ0) is 12.5. The van der Waals surface area contributed by atoms with Crippen LogP contribution in [0.25, 0.3) is 0 Å². The minimum Gasteiger partial charge on any atom is -0.389 e. The third-order valence-corrected chi connectivity index (χ3v) is 3.18. The van der Waals surface area contributed by atoms with E-state index in [0.29, 0.717) is 25.8 Å². The molecular formula is C14H25NO2. The lowest BCUT2D eigenvalue weighted by molar-refractivity contribution is -0.0303. The van der Waals surface area contributed by atoms with Gasteiger partial charge in [-0.05, 0) is 25.7 Å². The Morgan fingerprint density at radius 2 is 2.29 bits per heavy atom. The van der Waals surface area contributed by atoms with Gasteiger partial charge in [0.05, 0.1) is 25.4 Å². The van der Waals surface area contributed by atoms with E-state index in [9.17, 15) is 5.11 Å². The van der Waals surface area contributed by atoms with Gasteiger partial charge in [-0.15, -0.1) is 5.92 Å².